The smallest absolute Gasteiger partial charge is 0.412 e. The fourth-order valence-electron chi connectivity index (χ4n) is 3.02. The molecule has 1 N–H and O–H groups in total. The fraction of sp³-hybridized carbons (Fsp3) is 0.308. The number of rotatable bonds is 1. The Kier molecular flexibility index (Phi) is 1.51. The summed E-state index contributed by atoms with van der Waals surface area (Å²) in [6.07, 6.45) is 0.654. The second kappa shape index (κ2) is 2.83. The van der Waals surface area contributed by atoms with Crippen molar-refractivity contribution in [3.05, 3.63) is 40.8 Å². The van der Waals surface area contributed by atoms with Gasteiger partial charge in [0.15, 0.2) is 11.5 Å². The molecule has 3 aliphatic rings. The predicted octanol–water partition coefficient (Wildman–Crippen LogP) is 2.23. The lowest BCUT2D eigenvalue weighted by molar-refractivity contribution is 0.202. The molecule has 1 aliphatic heterocycles. The summed E-state index contributed by atoms with van der Waals surface area (Å²) >= 11 is 0. The van der Waals surface area contributed by atoms with E-state index < -0.39 is 6.09 Å². The Morgan fingerprint density at radius 3 is 3.06 bits per heavy atom. The molecule has 1 heterocycles. The number of ether oxygens (including phenoxy) is 2. The molecular formula is C13H11NO3. The molecule has 4 rings (SSSR count). The summed E-state index contributed by atoms with van der Waals surface area (Å²) in [6, 6.07) is 5.87. The third kappa shape index (κ3) is 1.05. The van der Waals surface area contributed by atoms with Crippen molar-refractivity contribution in [3.63, 3.8) is 0 Å². The topological polar surface area (TPSA) is 50.9 Å². The van der Waals surface area contributed by atoms with Crippen LogP contribution in [-0.4, -0.2) is 13.1 Å². The van der Waals surface area contributed by atoms with Gasteiger partial charge in [-0.15, -0.1) is 0 Å². The van der Waals surface area contributed by atoms with Crippen LogP contribution in [0.15, 0.2) is 29.7 Å². The highest BCUT2D eigenvalue weighted by atomic mass is 16.6. The van der Waals surface area contributed by atoms with Crippen molar-refractivity contribution in [2.75, 3.05) is 7.05 Å². The minimum atomic E-state index is -0.424. The molecule has 17 heavy (non-hydrogen) atoms. The Bertz CT molecular complexity index is 576. The maximum atomic E-state index is 11.3. The van der Waals surface area contributed by atoms with E-state index in [0.717, 1.165) is 23.5 Å². The highest BCUT2D eigenvalue weighted by Crippen LogP contribution is 2.66. The van der Waals surface area contributed by atoms with Crippen LogP contribution in [0.1, 0.15) is 29.4 Å². The first-order chi connectivity index (χ1) is 8.29. The van der Waals surface area contributed by atoms with E-state index in [1.54, 1.807) is 7.05 Å². The Hall–Kier alpha value is -1.97. The number of hydrogen-bond donors (Lipinski definition) is 1. The van der Waals surface area contributed by atoms with Crippen LogP contribution in [0.3, 0.4) is 0 Å². The van der Waals surface area contributed by atoms with E-state index >= 15 is 0 Å². The summed E-state index contributed by atoms with van der Waals surface area (Å²) in [6.45, 7) is 0. The zero-order valence-corrected chi connectivity index (χ0v) is 9.32. The summed E-state index contributed by atoms with van der Waals surface area (Å²) in [4.78, 5) is 11.3. The van der Waals surface area contributed by atoms with Crippen LogP contribution in [0, 0.1) is 0 Å². The van der Waals surface area contributed by atoms with E-state index in [1.807, 2.05) is 12.1 Å². The van der Waals surface area contributed by atoms with Crippen LogP contribution in [-0.2, 0) is 4.74 Å². The van der Waals surface area contributed by atoms with E-state index in [-0.39, 0.29) is 0 Å². The summed E-state index contributed by atoms with van der Waals surface area (Å²) in [5.41, 5.74) is 2.39. The van der Waals surface area contributed by atoms with Crippen molar-refractivity contribution < 1.29 is 14.3 Å². The van der Waals surface area contributed by atoms with Gasteiger partial charge < -0.3 is 14.8 Å². The van der Waals surface area contributed by atoms with Gasteiger partial charge in [-0.25, -0.2) is 4.79 Å². The second-order valence-corrected chi connectivity index (χ2v) is 4.57. The molecule has 4 nitrogen and oxygen atoms in total. The van der Waals surface area contributed by atoms with Crippen LogP contribution in [0.2, 0.25) is 0 Å². The molecule has 0 aromatic heterocycles. The Morgan fingerprint density at radius 2 is 2.24 bits per heavy atom. The van der Waals surface area contributed by atoms with Crippen LogP contribution in [0.5, 0.6) is 5.75 Å². The number of carbonyl (C=O) groups is 1. The monoisotopic (exact) mass is 229 g/mol. The van der Waals surface area contributed by atoms with Crippen molar-refractivity contribution in [2.24, 2.45) is 0 Å². The number of allylic oxidation sites excluding steroid dienone is 2. The molecular weight excluding hydrogens is 218 g/mol. The summed E-state index contributed by atoms with van der Waals surface area (Å²) in [7, 11) is 1.56. The van der Waals surface area contributed by atoms with Gasteiger partial charge in [0.1, 0.15) is 5.75 Å². The third-order valence-corrected chi connectivity index (χ3v) is 3.76. The molecule has 2 unspecified atom stereocenters. The van der Waals surface area contributed by atoms with Crippen LogP contribution < -0.4 is 10.1 Å². The van der Waals surface area contributed by atoms with Gasteiger partial charge in [0, 0.05) is 18.5 Å². The normalized spacial score (nSPS) is 26.2. The number of benzene rings is 1. The molecule has 1 aromatic rings. The molecule has 2 bridgehead atoms. The maximum absolute atomic E-state index is 11.3. The first-order valence-corrected chi connectivity index (χ1v) is 5.74. The van der Waals surface area contributed by atoms with Gasteiger partial charge in [0.2, 0.25) is 0 Å². The van der Waals surface area contributed by atoms with Gasteiger partial charge in [-0.3, -0.25) is 0 Å². The number of hydrogen-bond acceptors (Lipinski definition) is 3. The molecule has 1 aromatic carbocycles. The molecule has 0 fully saturated rings. The minimum Gasteiger partial charge on any atom is -0.458 e. The zero-order chi connectivity index (χ0) is 11.6. The molecule has 86 valence electrons. The van der Waals surface area contributed by atoms with Crippen molar-refractivity contribution >= 4 is 6.09 Å². The standard InChI is InChI=1S/C13H11NO3/c1-14-13(15)16-9-4-2-3-6-7-5-8(10(6)9)12-11(7)17-12/h2-4,7-8H,5H2,1H3,(H,14,15). The Labute approximate surface area is 98.2 Å². The molecule has 0 radical (unpaired) electrons. The second-order valence-electron chi connectivity index (χ2n) is 4.57. The van der Waals surface area contributed by atoms with Gasteiger partial charge in [-0.05, 0) is 18.1 Å². The molecule has 4 heteroatoms. The summed E-state index contributed by atoms with van der Waals surface area (Å²) < 4.78 is 10.8. The van der Waals surface area contributed by atoms with Gasteiger partial charge >= 0.3 is 6.09 Å². The Morgan fingerprint density at radius 1 is 1.41 bits per heavy atom. The zero-order valence-electron chi connectivity index (χ0n) is 9.32. The van der Waals surface area contributed by atoms with Gasteiger partial charge in [0.05, 0.1) is 5.92 Å². The van der Waals surface area contributed by atoms with Crippen molar-refractivity contribution in [1.82, 2.24) is 5.32 Å². The van der Waals surface area contributed by atoms with E-state index in [1.165, 1.54) is 5.56 Å². The summed E-state index contributed by atoms with van der Waals surface area (Å²) in [5.74, 6) is 3.63. The molecule has 1 amide bonds. The molecule has 0 saturated carbocycles. The van der Waals surface area contributed by atoms with E-state index in [2.05, 4.69) is 11.4 Å². The minimum absolute atomic E-state index is 0.311. The average molecular weight is 229 g/mol. The number of amides is 1. The SMILES string of the molecule is CNC(=O)Oc1cccc2c1C1CC2C2=C1O2. The number of carbonyl (C=O) groups excluding carboxylic acids is 1. The lowest BCUT2D eigenvalue weighted by Crippen LogP contribution is -2.22. The van der Waals surface area contributed by atoms with Crippen LogP contribution in [0.4, 0.5) is 4.79 Å². The van der Waals surface area contributed by atoms with Crippen LogP contribution in [0.25, 0.3) is 0 Å². The van der Waals surface area contributed by atoms with E-state index in [9.17, 15) is 4.79 Å². The number of fused-ring (bicyclic) bond motifs is 7. The lowest BCUT2D eigenvalue weighted by atomic mass is 9.96. The molecule has 0 saturated heterocycles. The van der Waals surface area contributed by atoms with Gasteiger partial charge in [-0.2, -0.15) is 0 Å². The molecule has 2 aliphatic carbocycles. The average Bonchev–Trinajstić information content (AvgIpc) is 2.96. The van der Waals surface area contributed by atoms with Crippen molar-refractivity contribution in [2.45, 2.75) is 18.3 Å². The van der Waals surface area contributed by atoms with Gasteiger partial charge in [-0.1, -0.05) is 12.1 Å². The van der Waals surface area contributed by atoms with E-state index in [0.29, 0.717) is 17.6 Å². The van der Waals surface area contributed by atoms with Crippen molar-refractivity contribution in [3.8, 4) is 5.75 Å². The van der Waals surface area contributed by atoms with Crippen LogP contribution >= 0.6 is 0 Å². The highest BCUT2D eigenvalue weighted by molar-refractivity contribution is 5.72. The Balaban J connectivity index is 1.78. The first-order valence-electron chi connectivity index (χ1n) is 5.74. The largest absolute Gasteiger partial charge is 0.458 e. The predicted molar refractivity (Wildman–Crippen MR) is 59.7 cm³/mol. The number of nitrogens with one attached hydrogen (secondary N) is 1. The fourth-order valence-corrected chi connectivity index (χ4v) is 3.02. The molecule has 2 atom stereocenters. The third-order valence-electron chi connectivity index (χ3n) is 3.76. The lowest BCUT2D eigenvalue weighted by Gasteiger charge is -2.12. The van der Waals surface area contributed by atoms with Gasteiger partial charge in [0.25, 0.3) is 0 Å². The van der Waals surface area contributed by atoms with Crippen molar-refractivity contribution in [1.29, 1.82) is 0 Å². The van der Waals surface area contributed by atoms with E-state index in [4.69, 9.17) is 9.47 Å². The molecule has 0 spiro atoms. The summed E-state index contributed by atoms with van der Waals surface area (Å²) in [5, 5.41) is 2.47. The maximum Gasteiger partial charge on any atom is 0.412 e. The first kappa shape index (κ1) is 9.10. The highest BCUT2D eigenvalue weighted by Gasteiger charge is 2.55. The quantitative estimate of drug-likeness (QED) is 0.803.